The van der Waals surface area contributed by atoms with Crippen LogP contribution in [0.4, 0.5) is 0 Å². The second kappa shape index (κ2) is 7.35. The Labute approximate surface area is 172 Å². The molecule has 0 bridgehead atoms. The largest absolute Gasteiger partial charge is 0.457 e. The smallest absolute Gasteiger partial charge is 0.232 e. The SMILES string of the molecule is O=C(NC[C@@H](O)c1csc2ccccc12)C1c2ccccc2Oc2ccccc21. The van der Waals surface area contributed by atoms with Crippen LogP contribution >= 0.6 is 11.3 Å². The van der Waals surface area contributed by atoms with Crippen molar-refractivity contribution < 1.29 is 14.6 Å². The lowest BCUT2D eigenvalue weighted by atomic mass is 9.87. The summed E-state index contributed by atoms with van der Waals surface area (Å²) < 4.78 is 7.09. The first kappa shape index (κ1) is 17.9. The van der Waals surface area contributed by atoms with Gasteiger partial charge in [0.2, 0.25) is 5.91 Å². The zero-order valence-corrected chi connectivity index (χ0v) is 16.4. The number of hydrogen-bond acceptors (Lipinski definition) is 4. The van der Waals surface area contributed by atoms with E-state index in [4.69, 9.17) is 4.74 Å². The van der Waals surface area contributed by atoms with Crippen LogP contribution in [0.25, 0.3) is 10.1 Å². The Morgan fingerprint density at radius 1 is 0.966 bits per heavy atom. The van der Waals surface area contributed by atoms with Gasteiger partial charge in [0.05, 0.1) is 12.0 Å². The van der Waals surface area contributed by atoms with Gasteiger partial charge in [-0.3, -0.25) is 4.79 Å². The maximum absolute atomic E-state index is 13.2. The molecule has 0 fully saturated rings. The van der Waals surface area contributed by atoms with Gasteiger partial charge >= 0.3 is 0 Å². The summed E-state index contributed by atoms with van der Waals surface area (Å²) in [5.41, 5.74) is 2.51. The van der Waals surface area contributed by atoms with Crippen LogP contribution in [0.1, 0.15) is 28.7 Å². The summed E-state index contributed by atoms with van der Waals surface area (Å²) in [5.74, 6) is 0.765. The summed E-state index contributed by atoms with van der Waals surface area (Å²) in [6, 6.07) is 23.1. The third-order valence-corrected chi connectivity index (χ3v) is 6.26. The highest BCUT2D eigenvalue weighted by Gasteiger charge is 2.32. The number of fused-ring (bicyclic) bond motifs is 3. The van der Waals surface area contributed by atoms with Gasteiger partial charge in [-0.15, -0.1) is 11.3 Å². The first-order chi connectivity index (χ1) is 14.2. The first-order valence-corrected chi connectivity index (χ1v) is 10.4. The Balaban J connectivity index is 1.40. The number of aliphatic hydroxyl groups is 1. The van der Waals surface area contributed by atoms with Gasteiger partial charge in [0, 0.05) is 27.9 Å². The van der Waals surface area contributed by atoms with Gasteiger partial charge in [-0.05, 0) is 29.0 Å². The summed E-state index contributed by atoms with van der Waals surface area (Å²) in [7, 11) is 0. The molecule has 1 atom stereocenters. The monoisotopic (exact) mass is 401 g/mol. The second-order valence-corrected chi connectivity index (χ2v) is 7.97. The van der Waals surface area contributed by atoms with Gasteiger partial charge in [0.1, 0.15) is 11.5 Å². The van der Waals surface area contributed by atoms with Crippen molar-refractivity contribution in [1.29, 1.82) is 0 Å². The van der Waals surface area contributed by atoms with E-state index in [1.807, 2.05) is 78.2 Å². The molecular weight excluding hydrogens is 382 g/mol. The van der Waals surface area contributed by atoms with Crippen LogP contribution in [-0.2, 0) is 4.79 Å². The number of carbonyl (C=O) groups excluding carboxylic acids is 1. The Morgan fingerprint density at radius 2 is 1.59 bits per heavy atom. The lowest BCUT2D eigenvalue weighted by Gasteiger charge is -2.27. The molecule has 3 aromatic carbocycles. The molecule has 1 aliphatic rings. The maximum atomic E-state index is 13.2. The summed E-state index contributed by atoms with van der Waals surface area (Å²) in [6.45, 7) is 0.154. The van der Waals surface area contributed by atoms with Gasteiger partial charge in [0.25, 0.3) is 0 Å². The number of aliphatic hydroxyl groups excluding tert-OH is 1. The molecular formula is C24H19NO3S. The van der Waals surface area contributed by atoms with Gasteiger partial charge in [-0.25, -0.2) is 0 Å². The maximum Gasteiger partial charge on any atom is 0.232 e. The van der Waals surface area contributed by atoms with E-state index in [9.17, 15) is 9.90 Å². The van der Waals surface area contributed by atoms with Crippen LogP contribution in [0.3, 0.4) is 0 Å². The van der Waals surface area contributed by atoms with Crippen LogP contribution in [0, 0.1) is 0 Å². The number of amides is 1. The minimum atomic E-state index is -0.763. The Hall–Kier alpha value is -3.15. The number of rotatable bonds is 4. The molecule has 5 heteroatoms. The minimum absolute atomic E-state index is 0.146. The predicted molar refractivity (Wildman–Crippen MR) is 115 cm³/mol. The molecule has 5 rings (SSSR count). The van der Waals surface area contributed by atoms with E-state index in [1.165, 1.54) is 0 Å². The topological polar surface area (TPSA) is 58.6 Å². The Morgan fingerprint density at radius 3 is 2.31 bits per heavy atom. The molecule has 1 aromatic heterocycles. The summed E-state index contributed by atoms with van der Waals surface area (Å²) in [5, 5.41) is 16.6. The number of para-hydroxylation sites is 2. The van der Waals surface area contributed by atoms with E-state index in [0.29, 0.717) is 11.5 Å². The number of benzene rings is 3. The normalized spacial score (nSPS) is 14.0. The number of thiophene rings is 1. The lowest BCUT2D eigenvalue weighted by Crippen LogP contribution is -2.34. The minimum Gasteiger partial charge on any atom is -0.457 e. The van der Waals surface area contributed by atoms with Gasteiger partial charge in [0.15, 0.2) is 0 Å². The summed E-state index contributed by atoms with van der Waals surface area (Å²) >= 11 is 1.60. The van der Waals surface area contributed by atoms with Gasteiger partial charge < -0.3 is 15.2 Å². The number of hydrogen-bond donors (Lipinski definition) is 2. The van der Waals surface area contributed by atoms with E-state index in [0.717, 1.165) is 26.8 Å². The molecule has 144 valence electrons. The predicted octanol–water partition coefficient (Wildman–Crippen LogP) is 4.99. The van der Waals surface area contributed by atoms with E-state index in [1.54, 1.807) is 11.3 Å². The van der Waals surface area contributed by atoms with Crippen molar-refractivity contribution in [2.24, 2.45) is 0 Å². The van der Waals surface area contributed by atoms with Crippen LogP contribution in [0.15, 0.2) is 78.2 Å². The molecule has 4 nitrogen and oxygen atoms in total. The highest BCUT2D eigenvalue weighted by molar-refractivity contribution is 7.17. The van der Waals surface area contributed by atoms with Crippen LogP contribution in [-0.4, -0.2) is 17.6 Å². The fraction of sp³-hybridized carbons (Fsp3) is 0.125. The van der Waals surface area contributed by atoms with Crippen molar-refractivity contribution in [1.82, 2.24) is 5.32 Å². The molecule has 0 saturated carbocycles. The molecule has 0 saturated heterocycles. The fourth-order valence-electron chi connectivity index (χ4n) is 3.86. The van der Waals surface area contributed by atoms with Crippen molar-refractivity contribution in [3.8, 4) is 11.5 Å². The van der Waals surface area contributed by atoms with Crippen LogP contribution in [0.2, 0.25) is 0 Å². The second-order valence-electron chi connectivity index (χ2n) is 7.06. The average Bonchev–Trinajstić information content (AvgIpc) is 3.20. The Kier molecular flexibility index (Phi) is 4.54. The van der Waals surface area contributed by atoms with Gasteiger partial charge in [-0.1, -0.05) is 54.6 Å². The molecule has 0 spiro atoms. The van der Waals surface area contributed by atoms with Crippen molar-refractivity contribution >= 4 is 27.3 Å². The number of carbonyl (C=O) groups is 1. The average molecular weight is 401 g/mol. The van der Waals surface area contributed by atoms with E-state index >= 15 is 0 Å². The molecule has 29 heavy (non-hydrogen) atoms. The zero-order chi connectivity index (χ0) is 19.8. The molecule has 1 amide bonds. The summed E-state index contributed by atoms with van der Waals surface area (Å²) in [4.78, 5) is 13.2. The Bertz CT molecular complexity index is 1150. The fourth-order valence-corrected chi connectivity index (χ4v) is 4.87. The number of nitrogens with one attached hydrogen (secondary N) is 1. The molecule has 0 aliphatic carbocycles. The van der Waals surface area contributed by atoms with Crippen molar-refractivity contribution in [3.63, 3.8) is 0 Å². The van der Waals surface area contributed by atoms with Crippen LogP contribution < -0.4 is 10.1 Å². The molecule has 2 heterocycles. The zero-order valence-electron chi connectivity index (χ0n) is 15.5. The molecule has 2 N–H and O–H groups in total. The van der Waals surface area contributed by atoms with E-state index in [-0.39, 0.29) is 12.5 Å². The van der Waals surface area contributed by atoms with Crippen molar-refractivity contribution in [2.45, 2.75) is 12.0 Å². The molecule has 0 radical (unpaired) electrons. The third-order valence-electron chi connectivity index (χ3n) is 5.28. The van der Waals surface area contributed by atoms with Crippen LogP contribution in [0.5, 0.6) is 11.5 Å². The van der Waals surface area contributed by atoms with Gasteiger partial charge in [-0.2, -0.15) is 0 Å². The quantitative estimate of drug-likeness (QED) is 0.507. The van der Waals surface area contributed by atoms with Crippen molar-refractivity contribution in [3.05, 3.63) is 94.9 Å². The molecule has 4 aromatic rings. The number of ether oxygens (including phenoxy) is 1. The highest BCUT2D eigenvalue weighted by atomic mass is 32.1. The highest BCUT2D eigenvalue weighted by Crippen LogP contribution is 2.44. The summed E-state index contributed by atoms with van der Waals surface area (Å²) in [6.07, 6.45) is -0.763. The standard InChI is InChI=1S/C24H19NO3S/c26-19(18-14-29-22-12-6-3-7-15(18)22)13-25-24(27)23-16-8-1-4-10-20(16)28-21-11-5-2-9-17(21)23/h1-12,14,19,23,26H,13H2,(H,25,27)/t19-/m1/s1. The lowest BCUT2D eigenvalue weighted by molar-refractivity contribution is -0.122. The molecule has 0 unspecified atom stereocenters. The van der Waals surface area contributed by atoms with E-state index in [2.05, 4.69) is 5.32 Å². The van der Waals surface area contributed by atoms with E-state index < -0.39 is 12.0 Å². The third kappa shape index (κ3) is 3.18. The molecule has 1 aliphatic heterocycles. The first-order valence-electron chi connectivity index (χ1n) is 9.50. The van der Waals surface area contributed by atoms with Crippen molar-refractivity contribution in [2.75, 3.05) is 6.54 Å².